The molecule has 0 N–H and O–H groups in total. The first kappa shape index (κ1) is 35.7. The normalized spacial score (nSPS) is 15.0. The Morgan fingerprint density at radius 1 is 0.509 bits per heavy atom. The van der Waals surface area contributed by atoms with Gasteiger partial charge in [0.05, 0.1) is 27.9 Å². The summed E-state index contributed by atoms with van der Waals surface area (Å²) in [6.45, 7) is 20.5. The second kappa shape index (κ2) is 12.5. The van der Waals surface area contributed by atoms with Crippen LogP contribution in [0.4, 0.5) is 5.69 Å². The van der Waals surface area contributed by atoms with Crippen LogP contribution >= 0.6 is 0 Å². The lowest BCUT2D eigenvalue weighted by Crippen LogP contribution is -2.45. The number of imide groups is 2. The van der Waals surface area contributed by atoms with Crippen LogP contribution in [-0.2, 0) is 5.41 Å². The van der Waals surface area contributed by atoms with Gasteiger partial charge in [-0.15, -0.1) is 0 Å². The molecule has 0 fully saturated rings. The van der Waals surface area contributed by atoms with Gasteiger partial charge in [-0.25, -0.2) is 4.90 Å². The Balaban J connectivity index is 1.25. The van der Waals surface area contributed by atoms with Crippen LogP contribution in [0.3, 0.4) is 0 Å². The second-order valence-electron chi connectivity index (χ2n) is 16.6. The van der Waals surface area contributed by atoms with Crippen LogP contribution in [0.5, 0.6) is 0 Å². The molecule has 7 rings (SSSR count). The molecule has 268 valence electrons. The molecule has 5 aromatic rings. The summed E-state index contributed by atoms with van der Waals surface area (Å²) in [6.07, 6.45) is 3.63. The number of nitrogens with zero attached hydrogens (tertiary/aromatic N) is 3. The molecule has 4 amide bonds. The molecular weight excluding hydrogens is 659 g/mol. The number of anilines is 1. The summed E-state index contributed by atoms with van der Waals surface area (Å²) in [5.74, 6) is -1.52. The molecule has 2 aliphatic heterocycles. The van der Waals surface area contributed by atoms with Crippen molar-refractivity contribution >= 4 is 29.3 Å². The first-order chi connectivity index (χ1) is 24.9. The smallest absolute Gasteiger partial charge is 0.266 e. The molecule has 0 radical (unpaired) electrons. The molecule has 3 heterocycles. The number of carbonyl (C=O) groups excluding carboxylic acids is 4. The summed E-state index contributed by atoms with van der Waals surface area (Å²) >= 11 is 0. The maximum Gasteiger partial charge on any atom is 0.266 e. The highest BCUT2D eigenvalue weighted by Crippen LogP contribution is 2.41. The van der Waals surface area contributed by atoms with E-state index < -0.39 is 11.4 Å². The number of carbonyl (C=O) groups is 4. The molecule has 0 saturated heterocycles. The minimum atomic E-state index is -0.665. The molecule has 1 unspecified atom stereocenters. The molecule has 1 aromatic heterocycles. The molecule has 0 aliphatic carbocycles. The summed E-state index contributed by atoms with van der Waals surface area (Å²) in [5.41, 5.74) is 11.4. The molecule has 7 nitrogen and oxygen atoms in total. The van der Waals surface area contributed by atoms with Crippen molar-refractivity contribution < 1.29 is 19.2 Å². The van der Waals surface area contributed by atoms with Crippen LogP contribution < -0.4 is 4.90 Å². The van der Waals surface area contributed by atoms with E-state index >= 15 is 0 Å². The van der Waals surface area contributed by atoms with Gasteiger partial charge in [0, 0.05) is 23.9 Å². The maximum atomic E-state index is 14.2. The number of rotatable bonds is 5. The fourth-order valence-corrected chi connectivity index (χ4v) is 8.64. The lowest BCUT2D eigenvalue weighted by Gasteiger charge is -2.29. The molecule has 0 spiro atoms. The summed E-state index contributed by atoms with van der Waals surface area (Å²) in [5, 5.41) is 0. The van der Waals surface area contributed by atoms with Crippen LogP contribution in [0.1, 0.15) is 133 Å². The molecule has 0 bridgehead atoms. The van der Waals surface area contributed by atoms with Crippen LogP contribution in [0.2, 0.25) is 0 Å². The molecule has 1 atom stereocenters. The van der Waals surface area contributed by atoms with Crippen LogP contribution in [0.15, 0.2) is 85.2 Å². The van der Waals surface area contributed by atoms with Crippen molar-refractivity contribution in [3.8, 4) is 11.1 Å². The lowest BCUT2D eigenvalue weighted by atomic mass is 9.77. The number of fused-ring (bicyclic) bond motifs is 2. The second-order valence-corrected chi connectivity index (χ2v) is 16.6. The van der Waals surface area contributed by atoms with Crippen molar-refractivity contribution in [3.63, 3.8) is 0 Å². The first-order valence-corrected chi connectivity index (χ1v) is 18.1. The Morgan fingerprint density at radius 2 is 0.943 bits per heavy atom. The Bertz CT molecular complexity index is 2350. The van der Waals surface area contributed by atoms with Gasteiger partial charge in [-0.2, -0.15) is 0 Å². The Labute approximate surface area is 311 Å². The van der Waals surface area contributed by atoms with E-state index in [2.05, 4.69) is 63.9 Å². The highest BCUT2D eigenvalue weighted by atomic mass is 16.2. The zero-order chi connectivity index (χ0) is 38.3. The van der Waals surface area contributed by atoms with E-state index in [1.54, 1.807) is 36.4 Å². The number of aryl methyl sites for hydroxylation is 4. The molecular formula is C46H45N3O4. The topological polar surface area (TPSA) is 87.7 Å². The summed E-state index contributed by atoms with van der Waals surface area (Å²) in [7, 11) is 0. The third-order valence-electron chi connectivity index (χ3n) is 10.5. The fraction of sp³-hybridized carbons (Fsp3) is 0.283. The van der Waals surface area contributed by atoms with E-state index in [-0.39, 0.29) is 29.1 Å². The minimum Gasteiger partial charge on any atom is -0.269 e. The number of hydrogen-bond acceptors (Lipinski definition) is 5. The van der Waals surface area contributed by atoms with Crippen molar-refractivity contribution in [2.24, 2.45) is 0 Å². The SMILES string of the molecule is Cc1cc(C(c2ccncc2)c2cc(C)c(C(C)(C)C)c(C)c2)cc(C)c1N1C(=O)c2ccc(-c3ccc4c(c3)C(=O)N(C(C)(C)C)C4=O)cc2C1=O. The van der Waals surface area contributed by atoms with E-state index in [9.17, 15) is 19.2 Å². The molecule has 4 aromatic carbocycles. The van der Waals surface area contributed by atoms with E-state index in [0.717, 1.165) is 22.3 Å². The van der Waals surface area contributed by atoms with E-state index in [4.69, 9.17) is 0 Å². The first-order valence-electron chi connectivity index (χ1n) is 18.1. The van der Waals surface area contributed by atoms with Crippen LogP contribution in [0.25, 0.3) is 11.1 Å². The van der Waals surface area contributed by atoms with E-state index in [1.807, 2.05) is 59.1 Å². The van der Waals surface area contributed by atoms with Gasteiger partial charge in [0.25, 0.3) is 23.6 Å². The van der Waals surface area contributed by atoms with Gasteiger partial charge in [0.1, 0.15) is 0 Å². The van der Waals surface area contributed by atoms with Crippen molar-refractivity contribution in [3.05, 3.63) is 152 Å². The van der Waals surface area contributed by atoms with Crippen LogP contribution in [0, 0.1) is 27.7 Å². The average Bonchev–Trinajstić information content (AvgIpc) is 3.47. The number of amides is 4. The van der Waals surface area contributed by atoms with Gasteiger partial charge in [0.15, 0.2) is 0 Å². The standard InChI is InChI=1S/C46H45N3O4/c1-25-19-32(20-26(2)39(25)45(5,6)7)38(29-15-17-47-18-16-29)33-21-27(3)40(28(4)22-33)48-41(50)34-13-11-30(23-36(34)42(48)51)31-12-14-35-37(24-31)44(53)49(43(35)52)46(8,9)10/h11-24,38H,1-10H3. The maximum absolute atomic E-state index is 14.2. The average molecular weight is 704 g/mol. The molecule has 7 heteroatoms. The number of hydrogen-bond donors (Lipinski definition) is 0. The monoisotopic (exact) mass is 703 g/mol. The van der Waals surface area contributed by atoms with Crippen molar-refractivity contribution in [2.45, 2.75) is 86.1 Å². The fourth-order valence-electron chi connectivity index (χ4n) is 8.64. The highest BCUT2D eigenvalue weighted by molar-refractivity contribution is 6.35. The summed E-state index contributed by atoms with van der Waals surface area (Å²) in [4.78, 5) is 61.3. The Hall–Kier alpha value is -5.69. The van der Waals surface area contributed by atoms with Gasteiger partial charge in [-0.3, -0.25) is 29.1 Å². The third-order valence-corrected chi connectivity index (χ3v) is 10.5. The summed E-state index contributed by atoms with van der Waals surface area (Å²) in [6, 6.07) is 23.2. The Kier molecular flexibility index (Phi) is 8.40. The largest absolute Gasteiger partial charge is 0.269 e. The zero-order valence-corrected chi connectivity index (χ0v) is 32.1. The quantitative estimate of drug-likeness (QED) is 0.170. The zero-order valence-electron chi connectivity index (χ0n) is 32.1. The van der Waals surface area contributed by atoms with Gasteiger partial charge < -0.3 is 0 Å². The van der Waals surface area contributed by atoms with Crippen molar-refractivity contribution in [2.75, 3.05) is 4.90 Å². The molecule has 53 heavy (non-hydrogen) atoms. The van der Waals surface area contributed by atoms with E-state index in [0.29, 0.717) is 39.1 Å². The van der Waals surface area contributed by atoms with Gasteiger partial charge in [0.2, 0.25) is 0 Å². The van der Waals surface area contributed by atoms with Crippen molar-refractivity contribution in [1.29, 1.82) is 0 Å². The lowest BCUT2D eigenvalue weighted by molar-refractivity contribution is 0.0507. The predicted octanol–water partition coefficient (Wildman–Crippen LogP) is 9.66. The van der Waals surface area contributed by atoms with Crippen molar-refractivity contribution in [1.82, 2.24) is 9.88 Å². The predicted molar refractivity (Wildman–Crippen MR) is 209 cm³/mol. The van der Waals surface area contributed by atoms with Gasteiger partial charge in [-0.05, 0) is 146 Å². The summed E-state index contributed by atoms with van der Waals surface area (Å²) < 4.78 is 0. The molecule has 0 saturated carbocycles. The van der Waals surface area contributed by atoms with Gasteiger partial charge in [-0.1, -0.05) is 57.2 Å². The highest BCUT2D eigenvalue weighted by Gasteiger charge is 2.42. The number of aromatic nitrogens is 1. The van der Waals surface area contributed by atoms with Crippen LogP contribution in [-0.4, -0.2) is 39.1 Å². The number of pyridine rings is 1. The minimum absolute atomic E-state index is 0.00940. The van der Waals surface area contributed by atoms with Gasteiger partial charge >= 0.3 is 0 Å². The molecule has 2 aliphatic rings. The Morgan fingerprint density at radius 3 is 1.43 bits per heavy atom. The number of benzene rings is 4. The third kappa shape index (κ3) is 5.88. The van der Waals surface area contributed by atoms with E-state index in [1.165, 1.54) is 32.1 Å².